The maximum absolute atomic E-state index is 13.2. The minimum Gasteiger partial charge on any atom is -0.496 e. The molecule has 0 radical (unpaired) electrons. The number of methoxy groups -OCH3 is 1. The zero-order chi connectivity index (χ0) is 26.0. The van der Waals surface area contributed by atoms with Crippen molar-refractivity contribution in [3.05, 3.63) is 58.1 Å². The van der Waals surface area contributed by atoms with E-state index in [9.17, 15) is 14.9 Å². The lowest BCUT2D eigenvalue weighted by molar-refractivity contribution is -0.134. The molecule has 2 amide bonds. The van der Waals surface area contributed by atoms with Crippen molar-refractivity contribution in [1.29, 1.82) is 10.7 Å². The van der Waals surface area contributed by atoms with Gasteiger partial charge in [0.1, 0.15) is 5.75 Å². The molecule has 0 bridgehead atoms. The molecule has 196 valence electrons. The van der Waals surface area contributed by atoms with E-state index in [0.29, 0.717) is 42.0 Å². The SMILES string of the molecule is COc1ccc(C#N)cc1C(=O)Nc1cccc([C@]2(C)CC(=O)N([C@@H]3CCO[C@H](C)C3)C(=N)N2)c1Cl.Cl. The Morgan fingerprint density at radius 2 is 2.14 bits per heavy atom. The molecular weight excluding hydrogens is 517 g/mol. The summed E-state index contributed by atoms with van der Waals surface area (Å²) in [6, 6.07) is 11.6. The number of rotatable bonds is 5. The molecule has 2 aromatic rings. The summed E-state index contributed by atoms with van der Waals surface area (Å²) in [4.78, 5) is 27.8. The molecule has 0 unspecified atom stereocenters. The van der Waals surface area contributed by atoms with Crippen LogP contribution in [-0.2, 0) is 15.1 Å². The number of nitrogens with one attached hydrogen (secondary N) is 3. The number of nitriles is 1. The van der Waals surface area contributed by atoms with E-state index in [0.717, 1.165) is 0 Å². The van der Waals surface area contributed by atoms with Crippen LogP contribution >= 0.6 is 24.0 Å². The van der Waals surface area contributed by atoms with Crippen LogP contribution in [0.3, 0.4) is 0 Å². The van der Waals surface area contributed by atoms with E-state index in [4.69, 9.17) is 26.5 Å². The molecule has 11 heteroatoms. The lowest BCUT2D eigenvalue weighted by Crippen LogP contribution is -2.63. The zero-order valence-electron chi connectivity index (χ0n) is 20.8. The fourth-order valence-corrected chi connectivity index (χ4v) is 5.22. The average Bonchev–Trinajstić information content (AvgIpc) is 2.84. The van der Waals surface area contributed by atoms with Crippen LogP contribution in [0.2, 0.25) is 5.02 Å². The average molecular weight is 546 g/mol. The number of nitrogens with zero attached hydrogens (tertiary/aromatic N) is 2. The molecule has 0 aromatic heterocycles. The Hall–Kier alpha value is -3.32. The third-order valence-corrected chi connectivity index (χ3v) is 7.05. The first-order chi connectivity index (χ1) is 17.2. The highest BCUT2D eigenvalue weighted by atomic mass is 35.5. The summed E-state index contributed by atoms with van der Waals surface area (Å²) < 4.78 is 10.9. The molecule has 2 aliphatic heterocycles. The van der Waals surface area contributed by atoms with E-state index in [-0.39, 0.29) is 53.4 Å². The van der Waals surface area contributed by atoms with E-state index in [1.54, 1.807) is 30.3 Å². The van der Waals surface area contributed by atoms with Gasteiger partial charge in [0.15, 0.2) is 5.96 Å². The maximum Gasteiger partial charge on any atom is 0.259 e. The molecule has 4 rings (SSSR count). The van der Waals surface area contributed by atoms with Gasteiger partial charge in [0.2, 0.25) is 5.91 Å². The van der Waals surface area contributed by atoms with Gasteiger partial charge >= 0.3 is 0 Å². The Labute approximate surface area is 227 Å². The molecule has 0 spiro atoms. The Kier molecular flexibility index (Phi) is 8.69. The molecule has 2 fully saturated rings. The largest absolute Gasteiger partial charge is 0.496 e. The smallest absolute Gasteiger partial charge is 0.259 e. The fraction of sp³-hybridized carbons (Fsp3) is 0.385. The molecular formula is C26H29Cl2N5O4. The number of guanidine groups is 1. The first-order valence-corrected chi connectivity index (χ1v) is 12.0. The first kappa shape index (κ1) is 28.3. The third-order valence-electron chi connectivity index (χ3n) is 6.65. The van der Waals surface area contributed by atoms with Gasteiger partial charge in [0.05, 0.1) is 53.1 Å². The topological polar surface area (TPSA) is 128 Å². The van der Waals surface area contributed by atoms with Crippen LogP contribution in [0.15, 0.2) is 36.4 Å². The second kappa shape index (κ2) is 11.4. The molecule has 37 heavy (non-hydrogen) atoms. The van der Waals surface area contributed by atoms with Gasteiger partial charge in [-0.25, -0.2) is 0 Å². The Bertz CT molecular complexity index is 1240. The molecule has 3 N–H and O–H groups in total. The number of halogens is 2. The number of hydrogen-bond acceptors (Lipinski definition) is 6. The highest BCUT2D eigenvalue weighted by Crippen LogP contribution is 2.39. The predicted octanol–water partition coefficient (Wildman–Crippen LogP) is 4.43. The van der Waals surface area contributed by atoms with Crippen molar-refractivity contribution < 1.29 is 19.1 Å². The van der Waals surface area contributed by atoms with Gasteiger partial charge in [-0.3, -0.25) is 19.9 Å². The minimum absolute atomic E-state index is 0. The van der Waals surface area contributed by atoms with Gasteiger partial charge in [-0.2, -0.15) is 5.26 Å². The van der Waals surface area contributed by atoms with Crippen LogP contribution in [0.4, 0.5) is 5.69 Å². The molecule has 0 saturated carbocycles. The Balaban J connectivity index is 0.00000380. The zero-order valence-corrected chi connectivity index (χ0v) is 22.3. The van der Waals surface area contributed by atoms with E-state index in [2.05, 4.69) is 10.6 Å². The number of anilines is 1. The van der Waals surface area contributed by atoms with Gasteiger partial charge in [-0.15, -0.1) is 12.4 Å². The van der Waals surface area contributed by atoms with E-state index in [1.807, 2.05) is 19.9 Å². The molecule has 0 aliphatic carbocycles. The number of hydrogen-bond donors (Lipinski definition) is 3. The fourth-order valence-electron chi connectivity index (χ4n) is 4.83. The lowest BCUT2D eigenvalue weighted by atomic mass is 9.85. The van der Waals surface area contributed by atoms with E-state index in [1.165, 1.54) is 18.1 Å². The van der Waals surface area contributed by atoms with Crippen molar-refractivity contribution in [1.82, 2.24) is 10.2 Å². The molecule has 9 nitrogen and oxygen atoms in total. The second-order valence-corrected chi connectivity index (χ2v) is 9.63. The van der Waals surface area contributed by atoms with E-state index >= 15 is 0 Å². The molecule has 2 saturated heterocycles. The number of benzene rings is 2. The van der Waals surface area contributed by atoms with Crippen molar-refractivity contribution in [2.45, 2.75) is 50.8 Å². The first-order valence-electron chi connectivity index (χ1n) is 11.7. The number of ether oxygens (including phenoxy) is 2. The summed E-state index contributed by atoms with van der Waals surface area (Å²) in [6.07, 6.45) is 1.47. The second-order valence-electron chi connectivity index (χ2n) is 9.25. The molecule has 2 heterocycles. The highest BCUT2D eigenvalue weighted by Gasteiger charge is 2.43. The number of carbonyl (C=O) groups excluding carboxylic acids is 2. The molecule has 2 aromatic carbocycles. The Morgan fingerprint density at radius 3 is 2.78 bits per heavy atom. The van der Waals surface area contributed by atoms with Crippen LogP contribution < -0.4 is 15.4 Å². The normalized spacial score (nSPS) is 23.4. The quantitative estimate of drug-likeness (QED) is 0.509. The summed E-state index contributed by atoms with van der Waals surface area (Å²) in [7, 11) is 1.44. The van der Waals surface area contributed by atoms with Crippen LogP contribution in [0, 0.1) is 16.7 Å². The summed E-state index contributed by atoms with van der Waals surface area (Å²) in [5.41, 5.74) is 0.486. The summed E-state index contributed by atoms with van der Waals surface area (Å²) in [5.74, 6) is -0.310. The van der Waals surface area contributed by atoms with Crippen molar-refractivity contribution in [2.24, 2.45) is 0 Å². The van der Waals surface area contributed by atoms with Gasteiger partial charge in [-0.05, 0) is 56.5 Å². The molecule has 2 aliphatic rings. The van der Waals surface area contributed by atoms with Gasteiger partial charge in [-0.1, -0.05) is 23.7 Å². The van der Waals surface area contributed by atoms with Crippen LogP contribution in [0.1, 0.15) is 54.6 Å². The van der Waals surface area contributed by atoms with Gasteiger partial charge in [0, 0.05) is 12.6 Å². The van der Waals surface area contributed by atoms with E-state index < -0.39 is 11.4 Å². The highest BCUT2D eigenvalue weighted by molar-refractivity contribution is 6.35. The number of carbonyl (C=O) groups is 2. The molecule has 3 atom stereocenters. The van der Waals surface area contributed by atoms with Crippen molar-refractivity contribution in [3.8, 4) is 11.8 Å². The van der Waals surface area contributed by atoms with Crippen LogP contribution in [0.25, 0.3) is 0 Å². The van der Waals surface area contributed by atoms with Crippen LogP contribution in [-0.4, -0.2) is 48.5 Å². The maximum atomic E-state index is 13.2. The lowest BCUT2D eigenvalue weighted by Gasteiger charge is -2.45. The van der Waals surface area contributed by atoms with Gasteiger partial charge in [0.25, 0.3) is 5.91 Å². The van der Waals surface area contributed by atoms with Crippen molar-refractivity contribution in [3.63, 3.8) is 0 Å². The van der Waals surface area contributed by atoms with Crippen molar-refractivity contribution >= 4 is 47.5 Å². The third kappa shape index (κ3) is 5.67. The van der Waals surface area contributed by atoms with Gasteiger partial charge < -0.3 is 20.1 Å². The number of amides is 2. The predicted molar refractivity (Wildman–Crippen MR) is 142 cm³/mol. The summed E-state index contributed by atoms with van der Waals surface area (Å²) in [6.45, 7) is 4.33. The van der Waals surface area contributed by atoms with Crippen molar-refractivity contribution in [2.75, 3.05) is 19.0 Å². The standard InChI is InChI=1S/C26H28ClN5O4.ClH/c1-15-11-17(9-10-36-15)32-22(33)13-26(2,31-25(32)29)19-5-4-6-20(23(19)27)30-24(34)18-12-16(14-28)7-8-21(18)35-3;/h4-8,12,15,17H,9-11,13H2,1-3H3,(H2,29,31)(H,30,34);1H/t15-,17-,26+;/m1./s1. The Morgan fingerprint density at radius 1 is 1.38 bits per heavy atom. The van der Waals surface area contributed by atoms with Crippen LogP contribution in [0.5, 0.6) is 5.75 Å². The monoisotopic (exact) mass is 545 g/mol. The summed E-state index contributed by atoms with van der Waals surface area (Å²) >= 11 is 6.74. The minimum atomic E-state index is -0.947. The summed E-state index contributed by atoms with van der Waals surface area (Å²) in [5, 5.41) is 24.0.